The number of aliphatic hydroxyl groups excluding tert-OH is 1. The average molecular weight is 546 g/mol. The zero-order valence-electron chi connectivity index (χ0n) is 19.9. The van der Waals surface area contributed by atoms with Gasteiger partial charge < -0.3 is 15.7 Å². The van der Waals surface area contributed by atoms with Gasteiger partial charge in [0.15, 0.2) is 0 Å². The summed E-state index contributed by atoms with van der Waals surface area (Å²) >= 11 is 0. The SMILES string of the molecule is O=C(/C=C/C=C(c1ccc(C(F)(F)F)cc1)c1ccc(C(F)(F)F)cc1)Nc1cccc2c1CC(O)C(=O)N2. The number of benzene rings is 3. The van der Waals surface area contributed by atoms with Crippen LogP contribution in [0.5, 0.6) is 0 Å². The fraction of sp³-hybridized carbons (Fsp3) is 0.143. The lowest BCUT2D eigenvalue weighted by Crippen LogP contribution is -2.34. The average Bonchev–Trinajstić information content (AvgIpc) is 2.87. The molecule has 1 atom stereocenters. The summed E-state index contributed by atoms with van der Waals surface area (Å²) < 4.78 is 78.0. The van der Waals surface area contributed by atoms with Crippen LogP contribution < -0.4 is 10.6 Å². The summed E-state index contributed by atoms with van der Waals surface area (Å²) in [5.74, 6) is -1.15. The summed E-state index contributed by atoms with van der Waals surface area (Å²) in [5.41, 5.74) is 0.404. The second-order valence-electron chi connectivity index (χ2n) is 8.62. The molecule has 1 aliphatic heterocycles. The molecule has 0 bridgehead atoms. The van der Waals surface area contributed by atoms with Crippen molar-refractivity contribution in [1.29, 1.82) is 0 Å². The van der Waals surface area contributed by atoms with Crippen LogP contribution in [0, 0.1) is 0 Å². The molecule has 1 unspecified atom stereocenters. The molecule has 3 aromatic rings. The van der Waals surface area contributed by atoms with E-state index in [1.54, 1.807) is 18.2 Å². The second kappa shape index (κ2) is 10.8. The number of fused-ring (bicyclic) bond motifs is 1. The number of aliphatic hydroxyl groups is 1. The van der Waals surface area contributed by atoms with E-state index in [1.165, 1.54) is 36.4 Å². The van der Waals surface area contributed by atoms with Crippen LogP contribution in [0.3, 0.4) is 0 Å². The van der Waals surface area contributed by atoms with Gasteiger partial charge in [-0.15, -0.1) is 0 Å². The van der Waals surface area contributed by atoms with Gasteiger partial charge in [-0.25, -0.2) is 0 Å². The van der Waals surface area contributed by atoms with Crippen molar-refractivity contribution in [2.75, 3.05) is 10.6 Å². The number of carbonyl (C=O) groups excluding carboxylic acids is 2. The summed E-state index contributed by atoms with van der Waals surface area (Å²) in [6, 6.07) is 13.0. The summed E-state index contributed by atoms with van der Waals surface area (Å²) in [6.07, 6.45) is -6.57. The number of anilines is 2. The standard InChI is InChI=1S/C28H20F6N2O3/c29-27(30,31)18-11-7-16(8-12-18)20(17-9-13-19(14-10-17)28(32,33)34)3-1-6-25(38)35-22-4-2-5-23-21(22)15-24(37)26(39)36-23/h1-14,24,37H,15H2,(H,35,38)(H,36,39)/b6-1+. The van der Waals surface area contributed by atoms with Crippen molar-refractivity contribution in [3.05, 3.63) is 113 Å². The minimum absolute atomic E-state index is 0.00672. The maximum Gasteiger partial charge on any atom is 0.416 e. The molecule has 0 aliphatic carbocycles. The third-order valence-corrected chi connectivity index (χ3v) is 5.95. The van der Waals surface area contributed by atoms with Crippen LogP contribution in [0.25, 0.3) is 5.57 Å². The monoisotopic (exact) mass is 546 g/mol. The Hall–Kier alpha value is -4.38. The van der Waals surface area contributed by atoms with E-state index in [9.17, 15) is 41.0 Å². The number of nitrogens with one attached hydrogen (secondary N) is 2. The largest absolute Gasteiger partial charge is 0.416 e. The number of carbonyl (C=O) groups is 2. The molecule has 11 heteroatoms. The molecule has 0 radical (unpaired) electrons. The highest BCUT2D eigenvalue weighted by atomic mass is 19.4. The third kappa shape index (κ3) is 6.55. The second-order valence-corrected chi connectivity index (χ2v) is 8.62. The van der Waals surface area contributed by atoms with E-state index >= 15 is 0 Å². The van der Waals surface area contributed by atoms with Crippen LogP contribution in [-0.4, -0.2) is 23.0 Å². The Bertz CT molecular complexity index is 1380. The number of halogens is 6. The number of hydrogen-bond acceptors (Lipinski definition) is 3. The summed E-state index contributed by atoms with van der Waals surface area (Å²) in [5, 5.41) is 15.0. The van der Waals surface area contributed by atoms with Crippen molar-refractivity contribution in [1.82, 2.24) is 0 Å². The molecule has 2 amide bonds. The van der Waals surface area contributed by atoms with Crippen LogP contribution in [-0.2, 0) is 28.4 Å². The fourth-order valence-electron chi connectivity index (χ4n) is 3.99. The Morgan fingerprint density at radius 2 is 1.41 bits per heavy atom. The first-order chi connectivity index (χ1) is 18.3. The highest BCUT2D eigenvalue weighted by Gasteiger charge is 2.31. The molecule has 4 rings (SSSR count). The molecule has 1 aliphatic rings. The minimum Gasteiger partial charge on any atom is -0.383 e. The molecule has 5 nitrogen and oxygen atoms in total. The van der Waals surface area contributed by atoms with Gasteiger partial charge in [-0.3, -0.25) is 9.59 Å². The molecular weight excluding hydrogens is 526 g/mol. The van der Waals surface area contributed by atoms with Crippen LogP contribution in [0.15, 0.2) is 85.0 Å². The zero-order valence-corrected chi connectivity index (χ0v) is 19.9. The van der Waals surface area contributed by atoms with Gasteiger partial charge in [0.1, 0.15) is 6.10 Å². The Kier molecular flexibility index (Phi) is 7.64. The van der Waals surface area contributed by atoms with E-state index in [4.69, 9.17) is 0 Å². The molecule has 0 fully saturated rings. The van der Waals surface area contributed by atoms with Crippen LogP contribution in [0.1, 0.15) is 27.8 Å². The van der Waals surface area contributed by atoms with Crippen molar-refractivity contribution < 1.29 is 41.0 Å². The Balaban J connectivity index is 1.61. The highest BCUT2D eigenvalue weighted by Crippen LogP contribution is 2.34. The highest BCUT2D eigenvalue weighted by molar-refractivity contribution is 6.03. The van der Waals surface area contributed by atoms with E-state index in [0.29, 0.717) is 16.9 Å². The zero-order chi connectivity index (χ0) is 28.4. The van der Waals surface area contributed by atoms with E-state index in [-0.39, 0.29) is 23.1 Å². The molecule has 3 aromatic carbocycles. The third-order valence-electron chi connectivity index (χ3n) is 5.95. The van der Waals surface area contributed by atoms with Gasteiger partial charge in [0.05, 0.1) is 11.1 Å². The normalized spacial score (nSPS) is 15.5. The van der Waals surface area contributed by atoms with E-state index in [0.717, 1.165) is 30.3 Å². The summed E-state index contributed by atoms with van der Waals surface area (Å²) in [4.78, 5) is 24.3. The topological polar surface area (TPSA) is 78.4 Å². The summed E-state index contributed by atoms with van der Waals surface area (Å²) in [7, 11) is 0. The minimum atomic E-state index is -4.57. The Labute approximate surface area is 218 Å². The van der Waals surface area contributed by atoms with Crippen LogP contribution >= 0.6 is 0 Å². The quantitative estimate of drug-likeness (QED) is 0.202. The van der Waals surface area contributed by atoms with Gasteiger partial charge in [-0.2, -0.15) is 26.3 Å². The van der Waals surface area contributed by atoms with Crippen molar-refractivity contribution in [3.8, 4) is 0 Å². The number of alkyl halides is 6. The molecule has 1 heterocycles. The molecule has 0 saturated heterocycles. The van der Waals surface area contributed by atoms with Gasteiger partial charge in [-0.05, 0) is 53.1 Å². The predicted molar refractivity (Wildman–Crippen MR) is 133 cm³/mol. The summed E-state index contributed by atoms with van der Waals surface area (Å²) in [6.45, 7) is 0. The van der Waals surface area contributed by atoms with Crippen LogP contribution in [0.4, 0.5) is 37.7 Å². The molecular formula is C28H20F6N2O3. The predicted octanol–water partition coefficient (Wildman–Crippen LogP) is 6.21. The number of allylic oxidation sites excluding steroid dienone is 2. The first-order valence-corrected chi connectivity index (χ1v) is 11.5. The van der Waals surface area contributed by atoms with Gasteiger partial charge in [0, 0.05) is 29.4 Å². The van der Waals surface area contributed by atoms with E-state index in [2.05, 4.69) is 10.6 Å². The lowest BCUT2D eigenvalue weighted by atomic mass is 9.95. The molecule has 0 saturated carbocycles. The van der Waals surface area contributed by atoms with Crippen molar-refractivity contribution >= 4 is 28.8 Å². The number of hydrogen-bond donors (Lipinski definition) is 3. The lowest BCUT2D eigenvalue weighted by Gasteiger charge is -2.23. The maximum atomic E-state index is 13.0. The molecule has 3 N–H and O–H groups in total. The van der Waals surface area contributed by atoms with Gasteiger partial charge in [-0.1, -0.05) is 42.5 Å². The van der Waals surface area contributed by atoms with Crippen LogP contribution in [0.2, 0.25) is 0 Å². The fourth-order valence-corrected chi connectivity index (χ4v) is 3.99. The first kappa shape index (κ1) is 27.6. The van der Waals surface area contributed by atoms with Gasteiger partial charge >= 0.3 is 12.4 Å². The van der Waals surface area contributed by atoms with Gasteiger partial charge in [0.2, 0.25) is 5.91 Å². The maximum absolute atomic E-state index is 13.0. The Morgan fingerprint density at radius 3 is 1.92 bits per heavy atom. The van der Waals surface area contributed by atoms with E-state index in [1.807, 2.05) is 0 Å². The van der Waals surface area contributed by atoms with Crippen molar-refractivity contribution in [2.24, 2.45) is 0 Å². The molecule has 0 aromatic heterocycles. The molecule has 0 spiro atoms. The van der Waals surface area contributed by atoms with Crippen molar-refractivity contribution in [3.63, 3.8) is 0 Å². The van der Waals surface area contributed by atoms with Crippen molar-refractivity contribution in [2.45, 2.75) is 24.9 Å². The number of amides is 2. The van der Waals surface area contributed by atoms with Gasteiger partial charge in [0.25, 0.3) is 5.91 Å². The lowest BCUT2D eigenvalue weighted by molar-refractivity contribution is -0.138. The molecule has 202 valence electrons. The smallest absolute Gasteiger partial charge is 0.383 e. The first-order valence-electron chi connectivity index (χ1n) is 11.5. The molecule has 39 heavy (non-hydrogen) atoms. The number of rotatable bonds is 5. The Morgan fingerprint density at radius 1 is 0.872 bits per heavy atom. The van der Waals surface area contributed by atoms with E-state index < -0.39 is 41.4 Å².